The first kappa shape index (κ1) is 33.4. The smallest absolute Gasteiger partial charge is 0.225 e. The van der Waals surface area contributed by atoms with Crippen molar-refractivity contribution in [1.82, 2.24) is 10.8 Å². The summed E-state index contributed by atoms with van der Waals surface area (Å²) < 4.78 is 0. The second-order valence-electron chi connectivity index (χ2n) is 14.5. The normalized spacial score (nSPS) is 22.0. The maximum absolute atomic E-state index is 12.1. The van der Waals surface area contributed by atoms with Gasteiger partial charge in [0.1, 0.15) is 0 Å². The second kappa shape index (κ2) is 12.1. The zero-order valence-electron chi connectivity index (χ0n) is 25.3. The molecule has 1 fully saturated rings. The number of hydrogen-bond donors (Lipinski definition) is 3. The Morgan fingerprint density at radius 2 is 1.56 bits per heavy atom. The van der Waals surface area contributed by atoms with Gasteiger partial charge in [0.25, 0.3) is 0 Å². The van der Waals surface area contributed by atoms with E-state index in [2.05, 4.69) is 93.9 Å². The van der Waals surface area contributed by atoms with Crippen LogP contribution in [0, 0.1) is 27.6 Å². The number of hydroxylamine groups is 1. The van der Waals surface area contributed by atoms with Crippen LogP contribution in [-0.2, 0) is 9.63 Å². The third kappa shape index (κ3) is 9.43. The van der Waals surface area contributed by atoms with Crippen molar-refractivity contribution in [3.8, 4) is 0 Å². The molecular weight excluding hydrogens is 424 g/mol. The predicted molar refractivity (Wildman–Crippen MR) is 146 cm³/mol. The zero-order valence-corrected chi connectivity index (χ0v) is 25.3. The minimum absolute atomic E-state index is 0.00320. The quantitative estimate of drug-likeness (QED) is 0.264. The van der Waals surface area contributed by atoms with Crippen molar-refractivity contribution >= 4 is 5.91 Å². The Bertz CT molecular complexity index is 635. The van der Waals surface area contributed by atoms with E-state index in [4.69, 9.17) is 9.94 Å². The summed E-state index contributed by atoms with van der Waals surface area (Å²) in [4.78, 5) is 17.9. The fourth-order valence-corrected chi connectivity index (χ4v) is 4.82. The Morgan fingerprint density at radius 3 is 1.94 bits per heavy atom. The summed E-state index contributed by atoms with van der Waals surface area (Å²) in [5.74, 6) is 0.838. The molecule has 0 heterocycles. The van der Waals surface area contributed by atoms with Gasteiger partial charge in [0, 0.05) is 30.5 Å². The number of amides is 1. The molecule has 1 aliphatic carbocycles. The molecule has 34 heavy (non-hydrogen) atoms. The van der Waals surface area contributed by atoms with Gasteiger partial charge in [-0.1, -0.05) is 82.6 Å². The summed E-state index contributed by atoms with van der Waals surface area (Å²) >= 11 is 0. The molecule has 3 N–H and O–H groups in total. The predicted octanol–water partition coefficient (Wildman–Crippen LogP) is 6.88. The van der Waals surface area contributed by atoms with Crippen LogP contribution in [0.15, 0.2) is 0 Å². The largest absolute Gasteiger partial charge is 0.396 e. The summed E-state index contributed by atoms with van der Waals surface area (Å²) in [6, 6.07) is 0. The van der Waals surface area contributed by atoms with Gasteiger partial charge in [-0.2, -0.15) is 5.48 Å². The lowest BCUT2D eigenvalue weighted by molar-refractivity contribution is -0.223. The van der Waals surface area contributed by atoms with E-state index in [1.165, 1.54) is 0 Å². The number of aliphatic hydroxyl groups excluding tert-OH is 1. The molecule has 5 nitrogen and oxygen atoms in total. The van der Waals surface area contributed by atoms with Gasteiger partial charge in [-0.25, -0.2) is 0 Å². The van der Waals surface area contributed by atoms with Gasteiger partial charge in [0.2, 0.25) is 5.91 Å². The molecule has 0 aromatic heterocycles. The fourth-order valence-electron chi connectivity index (χ4n) is 4.82. The maximum atomic E-state index is 12.1. The lowest BCUT2D eigenvalue weighted by atomic mass is 9.43. The molecule has 5 heteroatoms. The topological polar surface area (TPSA) is 70.6 Å². The van der Waals surface area contributed by atoms with E-state index >= 15 is 0 Å². The molecule has 0 aromatic carbocycles. The van der Waals surface area contributed by atoms with E-state index in [0.29, 0.717) is 17.8 Å². The number of aliphatic hydroxyl groups is 1. The monoisotopic (exact) mass is 484 g/mol. The van der Waals surface area contributed by atoms with Crippen molar-refractivity contribution < 1.29 is 14.7 Å². The molecule has 1 atom stereocenters. The Kier molecular flexibility index (Phi) is 11.8. The van der Waals surface area contributed by atoms with Crippen molar-refractivity contribution in [2.24, 2.45) is 27.6 Å². The summed E-state index contributed by atoms with van der Waals surface area (Å²) in [5, 5.41) is 12.0. The van der Waals surface area contributed by atoms with E-state index < -0.39 is 0 Å². The highest BCUT2D eigenvalue weighted by Gasteiger charge is 2.62. The van der Waals surface area contributed by atoms with Gasteiger partial charge in [0.05, 0.1) is 5.60 Å². The van der Waals surface area contributed by atoms with E-state index in [1.54, 1.807) is 0 Å². The lowest BCUT2D eigenvalue weighted by Gasteiger charge is -2.66. The van der Waals surface area contributed by atoms with Crippen LogP contribution >= 0.6 is 0 Å². The minimum Gasteiger partial charge on any atom is -0.396 e. The first-order valence-corrected chi connectivity index (χ1v) is 13.4. The average Bonchev–Trinajstić information content (AvgIpc) is 2.65. The first-order valence-electron chi connectivity index (χ1n) is 13.4. The van der Waals surface area contributed by atoms with E-state index in [-0.39, 0.29) is 39.9 Å². The number of nitrogens with one attached hydrogen (secondary N) is 2. The van der Waals surface area contributed by atoms with Crippen molar-refractivity contribution in [3.63, 3.8) is 0 Å². The summed E-state index contributed by atoms with van der Waals surface area (Å²) in [6.45, 7) is 31.4. The molecule has 0 radical (unpaired) electrons. The van der Waals surface area contributed by atoms with Gasteiger partial charge in [0.15, 0.2) is 0 Å². The highest BCUT2D eigenvalue weighted by atomic mass is 16.7. The SMILES string of the molecule is CC(C)(CCO)ONC1(C)CC(C)(C)C1(C)C.CCC(C)(C)CC(C)(C)C(=O)NCCC(C)C. The summed E-state index contributed by atoms with van der Waals surface area (Å²) in [5.41, 5.74) is 3.42. The molecule has 1 unspecified atom stereocenters. The van der Waals surface area contributed by atoms with Gasteiger partial charge >= 0.3 is 0 Å². The Hall–Kier alpha value is -0.650. The molecule has 0 aliphatic heterocycles. The standard InChI is InChI=1S/C15H31NO.C14H29NO2/c1-8-14(4,5)11-15(6,7)13(17)16-10-9-12(2)3;1-11(2)10-14(7,13(11,5)6)15-17-12(3,4)8-9-16/h12H,8-11H2,1-7H3,(H,16,17);15-16H,8-10H2,1-7H3. The molecule has 0 aromatic rings. The molecule has 0 bridgehead atoms. The van der Waals surface area contributed by atoms with Crippen LogP contribution in [0.4, 0.5) is 0 Å². The Morgan fingerprint density at radius 1 is 1.03 bits per heavy atom. The minimum atomic E-state index is -0.326. The van der Waals surface area contributed by atoms with Crippen LogP contribution in [0.1, 0.15) is 129 Å². The van der Waals surface area contributed by atoms with Crippen LogP contribution < -0.4 is 10.8 Å². The van der Waals surface area contributed by atoms with Gasteiger partial charge in [-0.05, 0) is 62.2 Å². The summed E-state index contributed by atoms with van der Waals surface area (Å²) in [7, 11) is 0. The molecule has 0 saturated heterocycles. The molecular formula is C29H60N2O3. The molecule has 1 amide bonds. The van der Waals surface area contributed by atoms with E-state index in [9.17, 15) is 4.79 Å². The molecule has 0 spiro atoms. The van der Waals surface area contributed by atoms with E-state index in [1.807, 2.05) is 13.8 Å². The Labute approximate surface area is 212 Å². The highest BCUT2D eigenvalue weighted by Crippen LogP contribution is 2.62. The molecule has 204 valence electrons. The third-order valence-electron chi connectivity index (χ3n) is 8.63. The van der Waals surface area contributed by atoms with Gasteiger partial charge < -0.3 is 10.4 Å². The average molecular weight is 485 g/mol. The zero-order chi connectivity index (χ0) is 27.2. The third-order valence-corrected chi connectivity index (χ3v) is 8.63. The van der Waals surface area contributed by atoms with Gasteiger partial charge in [-0.15, -0.1) is 0 Å². The van der Waals surface area contributed by atoms with Crippen LogP contribution in [0.25, 0.3) is 0 Å². The molecule has 1 rings (SSSR count). The summed E-state index contributed by atoms with van der Waals surface area (Å²) in [6.07, 6.45) is 4.83. The molecule has 1 aliphatic rings. The number of carbonyl (C=O) groups excluding carboxylic acids is 1. The van der Waals surface area contributed by atoms with Crippen LogP contribution in [-0.4, -0.2) is 35.3 Å². The van der Waals surface area contributed by atoms with E-state index in [0.717, 1.165) is 32.2 Å². The Balaban J connectivity index is 0.000000641. The number of hydrogen-bond acceptors (Lipinski definition) is 4. The second-order valence-corrected chi connectivity index (χ2v) is 14.5. The fraction of sp³-hybridized carbons (Fsp3) is 0.966. The molecule has 1 saturated carbocycles. The van der Waals surface area contributed by atoms with Crippen LogP contribution in [0.3, 0.4) is 0 Å². The lowest BCUT2D eigenvalue weighted by Crippen LogP contribution is -2.71. The first-order chi connectivity index (χ1) is 15.1. The van der Waals surface area contributed by atoms with Crippen LogP contribution in [0.5, 0.6) is 0 Å². The maximum Gasteiger partial charge on any atom is 0.225 e. The van der Waals surface area contributed by atoms with Crippen molar-refractivity contribution in [3.05, 3.63) is 0 Å². The number of carbonyl (C=O) groups is 1. The van der Waals surface area contributed by atoms with Gasteiger partial charge in [-0.3, -0.25) is 9.63 Å². The van der Waals surface area contributed by atoms with Crippen molar-refractivity contribution in [1.29, 1.82) is 0 Å². The van der Waals surface area contributed by atoms with Crippen LogP contribution in [0.2, 0.25) is 0 Å². The van der Waals surface area contributed by atoms with Crippen molar-refractivity contribution in [2.75, 3.05) is 13.2 Å². The number of rotatable bonds is 12. The van der Waals surface area contributed by atoms with Crippen molar-refractivity contribution in [2.45, 2.75) is 140 Å². The highest BCUT2D eigenvalue weighted by molar-refractivity contribution is 5.81.